The minimum Gasteiger partial charge on any atom is -0.469 e. The first-order valence-electron chi connectivity index (χ1n) is 10.7. The fourth-order valence-electron chi connectivity index (χ4n) is 5.09. The normalized spacial score (nSPS) is 26.1. The Hall–Kier alpha value is -1.91. The van der Waals surface area contributed by atoms with Crippen molar-refractivity contribution in [2.24, 2.45) is 23.7 Å². The summed E-state index contributed by atoms with van der Waals surface area (Å²) in [4.78, 5) is 11.8. The second-order valence-corrected chi connectivity index (χ2v) is 14.0. The van der Waals surface area contributed by atoms with Crippen molar-refractivity contribution in [2.75, 3.05) is 13.7 Å². The highest BCUT2D eigenvalue weighted by molar-refractivity contribution is 6.99. The van der Waals surface area contributed by atoms with E-state index in [-0.39, 0.29) is 16.9 Å². The molecule has 0 bridgehead atoms. The van der Waals surface area contributed by atoms with Crippen LogP contribution >= 0.6 is 0 Å². The number of hydrogen-bond donors (Lipinski definition) is 0. The number of ether oxygens (including phenoxy) is 1. The molecular weight excluding hydrogens is 376 g/mol. The summed E-state index contributed by atoms with van der Waals surface area (Å²) in [5.41, 5.74) is 0. The Balaban J connectivity index is 1.57. The zero-order chi connectivity index (χ0) is 20.6. The zero-order valence-electron chi connectivity index (χ0n) is 17.9. The van der Waals surface area contributed by atoms with Crippen molar-refractivity contribution >= 4 is 24.7 Å². The fraction of sp³-hybridized carbons (Fsp3) is 0.480. The number of benzene rings is 2. The van der Waals surface area contributed by atoms with Gasteiger partial charge in [0.15, 0.2) is 0 Å². The van der Waals surface area contributed by atoms with Crippen molar-refractivity contribution in [1.82, 2.24) is 0 Å². The van der Waals surface area contributed by atoms with Crippen molar-refractivity contribution in [3.63, 3.8) is 0 Å². The van der Waals surface area contributed by atoms with E-state index in [0.29, 0.717) is 17.8 Å². The smallest absolute Gasteiger partial charge is 0.308 e. The molecule has 0 aliphatic heterocycles. The molecule has 2 aliphatic rings. The number of carbonyl (C=O) groups excluding carboxylic acids is 1. The Morgan fingerprint density at radius 1 is 0.931 bits per heavy atom. The molecule has 2 fully saturated rings. The van der Waals surface area contributed by atoms with Crippen LogP contribution in [0.4, 0.5) is 0 Å². The highest BCUT2D eigenvalue weighted by Gasteiger charge is 2.58. The maximum Gasteiger partial charge on any atom is 0.308 e. The second-order valence-electron chi connectivity index (χ2n) is 9.66. The molecular formula is C25H32O3Si. The van der Waals surface area contributed by atoms with Gasteiger partial charge >= 0.3 is 5.97 Å². The third kappa shape index (κ3) is 3.80. The summed E-state index contributed by atoms with van der Waals surface area (Å²) in [5.74, 6) is 1.79. The van der Waals surface area contributed by atoms with Crippen LogP contribution in [-0.4, -0.2) is 28.0 Å². The molecule has 0 heterocycles. The van der Waals surface area contributed by atoms with E-state index in [0.717, 1.165) is 13.0 Å². The first kappa shape index (κ1) is 20.4. The third-order valence-electron chi connectivity index (χ3n) is 6.80. The molecule has 2 saturated carbocycles. The molecule has 2 aromatic carbocycles. The minimum absolute atomic E-state index is 0.00816. The lowest BCUT2D eigenvalue weighted by Crippen LogP contribution is -2.66. The summed E-state index contributed by atoms with van der Waals surface area (Å²) < 4.78 is 12.0. The monoisotopic (exact) mass is 408 g/mol. The van der Waals surface area contributed by atoms with E-state index in [1.807, 2.05) is 0 Å². The SMILES string of the molecule is COC(=O)[C@H]1C[C@@H]1[C@@H]1C[C@H]1CO[Si](c1ccccc1)(c1ccccc1)C(C)(C)C. The van der Waals surface area contributed by atoms with Crippen LogP contribution in [0.15, 0.2) is 60.7 Å². The van der Waals surface area contributed by atoms with Crippen molar-refractivity contribution in [3.05, 3.63) is 60.7 Å². The topological polar surface area (TPSA) is 35.5 Å². The van der Waals surface area contributed by atoms with Crippen LogP contribution in [0.25, 0.3) is 0 Å². The highest BCUT2D eigenvalue weighted by atomic mass is 28.4. The molecule has 0 amide bonds. The average molecular weight is 409 g/mol. The van der Waals surface area contributed by atoms with Crippen molar-refractivity contribution < 1.29 is 14.0 Å². The van der Waals surface area contributed by atoms with Gasteiger partial charge in [0.2, 0.25) is 0 Å². The Bertz CT molecular complexity index is 804. The van der Waals surface area contributed by atoms with Gasteiger partial charge < -0.3 is 9.16 Å². The van der Waals surface area contributed by atoms with Crippen LogP contribution in [0, 0.1) is 23.7 Å². The van der Waals surface area contributed by atoms with E-state index in [9.17, 15) is 4.79 Å². The van der Waals surface area contributed by atoms with E-state index in [4.69, 9.17) is 9.16 Å². The molecule has 0 unspecified atom stereocenters. The van der Waals surface area contributed by atoms with Gasteiger partial charge in [0, 0.05) is 6.61 Å². The van der Waals surface area contributed by atoms with Crippen molar-refractivity contribution in [2.45, 2.75) is 38.7 Å². The van der Waals surface area contributed by atoms with Gasteiger partial charge in [-0.2, -0.15) is 0 Å². The van der Waals surface area contributed by atoms with Crippen LogP contribution in [0.2, 0.25) is 5.04 Å². The van der Waals surface area contributed by atoms with E-state index in [2.05, 4.69) is 81.4 Å². The van der Waals surface area contributed by atoms with Crippen LogP contribution in [0.1, 0.15) is 33.6 Å². The number of carbonyl (C=O) groups is 1. The molecule has 29 heavy (non-hydrogen) atoms. The molecule has 0 N–H and O–H groups in total. The minimum atomic E-state index is -2.45. The van der Waals surface area contributed by atoms with E-state index in [1.54, 1.807) is 0 Å². The molecule has 4 atom stereocenters. The number of hydrogen-bond acceptors (Lipinski definition) is 3. The molecule has 3 nitrogen and oxygen atoms in total. The molecule has 0 aromatic heterocycles. The van der Waals surface area contributed by atoms with Crippen molar-refractivity contribution in [3.8, 4) is 0 Å². The summed E-state index contributed by atoms with van der Waals surface area (Å²) in [6, 6.07) is 21.6. The summed E-state index contributed by atoms with van der Waals surface area (Å²) in [7, 11) is -0.959. The largest absolute Gasteiger partial charge is 0.469 e. The lowest BCUT2D eigenvalue weighted by Gasteiger charge is -2.43. The summed E-state index contributed by atoms with van der Waals surface area (Å²) in [6.07, 6.45) is 2.17. The molecule has 0 radical (unpaired) electrons. The van der Waals surface area contributed by atoms with Gasteiger partial charge in [0.25, 0.3) is 8.32 Å². The number of esters is 1. The first-order valence-corrected chi connectivity index (χ1v) is 12.6. The molecule has 2 aliphatic carbocycles. The van der Waals surface area contributed by atoms with Gasteiger partial charge in [-0.05, 0) is 46.0 Å². The van der Waals surface area contributed by atoms with Crippen LogP contribution in [0.3, 0.4) is 0 Å². The molecule has 2 aromatic rings. The molecule has 0 saturated heterocycles. The number of rotatable bonds is 7. The summed E-state index contributed by atoms with van der Waals surface area (Å²) in [5, 5.41) is 2.67. The van der Waals surface area contributed by atoms with Crippen LogP contribution in [-0.2, 0) is 14.0 Å². The van der Waals surface area contributed by atoms with E-state index < -0.39 is 8.32 Å². The Labute approximate surface area is 175 Å². The van der Waals surface area contributed by atoms with Gasteiger partial charge in [-0.15, -0.1) is 0 Å². The third-order valence-corrected chi connectivity index (χ3v) is 11.8. The maximum absolute atomic E-state index is 11.8. The van der Waals surface area contributed by atoms with Gasteiger partial charge in [-0.25, -0.2) is 0 Å². The fourth-order valence-corrected chi connectivity index (χ4v) is 9.71. The van der Waals surface area contributed by atoms with Gasteiger partial charge in [0.1, 0.15) is 0 Å². The lowest BCUT2D eigenvalue weighted by molar-refractivity contribution is -0.142. The highest BCUT2D eigenvalue weighted by Crippen LogP contribution is 2.58. The Morgan fingerprint density at radius 2 is 1.48 bits per heavy atom. The van der Waals surface area contributed by atoms with Crippen LogP contribution < -0.4 is 10.4 Å². The standard InChI is InChI=1S/C25H32O3Si/c1-25(2,3)29(19-11-7-5-8-12-19,20-13-9-6-10-14-20)28-17-18-15-21(18)22-16-23(22)24(26)27-4/h5-14,18,21-23H,15-17H2,1-4H3/t18-,21+,22+,23-/m0/s1. The van der Waals surface area contributed by atoms with E-state index in [1.165, 1.54) is 23.9 Å². The van der Waals surface area contributed by atoms with Crippen LogP contribution in [0.5, 0.6) is 0 Å². The van der Waals surface area contributed by atoms with Gasteiger partial charge in [0.05, 0.1) is 13.0 Å². The van der Waals surface area contributed by atoms with Gasteiger partial charge in [-0.1, -0.05) is 81.4 Å². The first-order chi connectivity index (χ1) is 13.9. The molecule has 4 heteroatoms. The average Bonchev–Trinajstić information content (AvgIpc) is 3.62. The maximum atomic E-state index is 11.8. The quantitative estimate of drug-likeness (QED) is 0.513. The Morgan fingerprint density at radius 3 is 1.97 bits per heavy atom. The predicted octanol–water partition coefficient (Wildman–Crippen LogP) is 4.01. The second kappa shape index (κ2) is 7.73. The summed E-state index contributed by atoms with van der Waals surface area (Å²) in [6.45, 7) is 7.73. The summed E-state index contributed by atoms with van der Waals surface area (Å²) >= 11 is 0. The predicted molar refractivity (Wildman–Crippen MR) is 119 cm³/mol. The number of methoxy groups -OCH3 is 1. The zero-order valence-corrected chi connectivity index (χ0v) is 18.9. The van der Waals surface area contributed by atoms with Crippen molar-refractivity contribution in [1.29, 1.82) is 0 Å². The molecule has 4 rings (SSSR count). The molecule has 154 valence electrons. The lowest BCUT2D eigenvalue weighted by atomic mass is 10.2. The van der Waals surface area contributed by atoms with E-state index >= 15 is 0 Å². The molecule has 0 spiro atoms. The van der Waals surface area contributed by atoms with Gasteiger partial charge in [-0.3, -0.25) is 4.79 Å². The Kier molecular flexibility index (Phi) is 5.43.